The summed E-state index contributed by atoms with van der Waals surface area (Å²) in [7, 11) is 0. The Bertz CT molecular complexity index is 174. The Hall–Kier alpha value is -0.715. The van der Waals surface area contributed by atoms with Gasteiger partial charge in [-0.2, -0.15) is 0 Å². The fourth-order valence-corrected chi connectivity index (χ4v) is 1.69. The van der Waals surface area contributed by atoms with E-state index in [0.717, 1.165) is 6.71 Å². The number of hydrogen-bond acceptors (Lipinski definition) is 0. The lowest BCUT2D eigenvalue weighted by molar-refractivity contribution is 0.999. The molecular formula is C13H23B. The van der Waals surface area contributed by atoms with E-state index in [0.29, 0.717) is 0 Å². The zero-order chi connectivity index (χ0) is 10.6. The van der Waals surface area contributed by atoms with E-state index in [1.807, 2.05) is 12.2 Å². The number of hydrogen-bond donors (Lipinski definition) is 0. The molecule has 0 aliphatic heterocycles. The minimum atomic E-state index is 0.887. The Labute approximate surface area is 89.9 Å². The Morgan fingerprint density at radius 2 is 1.64 bits per heavy atom. The van der Waals surface area contributed by atoms with Crippen molar-refractivity contribution in [3.05, 3.63) is 37.0 Å². The van der Waals surface area contributed by atoms with Gasteiger partial charge in [-0.1, -0.05) is 82.6 Å². The molecule has 0 unspecified atom stereocenters. The molecule has 78 valence electrons. The van der Waals surface area contributed by atoms with Crippen molar-refractivity contribution in [2.24, 2.45) is 0 Å². The summed E-state index contributed by atoms with van der Waals surface area (Å²) in [6.07, 6.45) is 16.8. The molecule has 0 aliphatic carbocycles. The van der Waals surface area contributed by atoms with Crippen molar-refractivity contribution in [2.75, 3.05) is 0 Å². The lowest BCUT2D eigenvalue weighted by Gasteiger charge is -2.07. The van der Waals surface area contributed by atoms with Gasteiger partial charge in [0.05, 0.1) is 0 Å². The number of allylic oxidation sites excluding steroid dienone is 5. The molecule has 14 heavy (non-hydrogen) atoms. The van der Waals surface area contributed by atoms with E-state index < -0.39 is 0 Å². The van der Waals surface area contributed by atoms with E-state index in [1.54, 1.807) is 6.08 Å². The Balaban J connectivity index is 3.73. The van der Waals surface area contributed by atoms with Gasteiger partial charge in [0.2, 0.25) is 0 Å². The summed E-state index contributed by atoms with van der Waals surface area (Å²) >= 11 is 0. The third-order valence-electron chi connectivity index (χ3n) is 2.36. The Morgan fingerprint density at radius 1 is 1.00 bits per heavy atom. The lowest BCUT2D eigenvalue weighted by Crippen LogP contribution is -2.09. The summed E-state index contributed by atoms with van der Waals surface area (Å²) in [5.41, 5.74) is 0. The molecule has 0 aromatic carbocycles. The molecule has 0 saturated carbocycles. The topological polar surface area (TPSA) is 0 Å². The van der Waals surface area contributed by atoms with Crippen molar-refractivity contribution < 1.29 is 0 Å². The van der Waals surface area contributed by atoms with Gasteiger partial charge in [-0.05, 0) is 0 Å². The second kappa shape index (κ2) is 10.4. The van der Waals surface area contributed by atoms with Crippen molar-refractivity contribution >= 4 is 6.71 Å². The highest BCUT2D eigenvalue weighted by Gasteiger charge is 2.08. The molecule has 0 heterocycles. The summed E-state index contributed by atoms with van der Waals surface area (Å²) in [6.45, 7) is 9.05. The smallest absolute Gasteiger partial charge is 0.0991 e. The first-order valence-electron chi connectivity index (χ1n) is 5.79. The maximum Gasteiger partial charge on any atom is 0.143 e. The molecule has 0 aromatic rings. The summed E-state index contributed by atoms with van der Waals surface area (Å²) in [6, 6.07) is 0. The van der Waals surface area contributed by atoms with E-state index in [-0.39, 0.29) is 0 Å². The monoisotopic (exact) mass is 190 g/mol. The van der Waals surface area contributed by atoms with E-state index in [9.17, 15) is 0 Å². The minimum absolute atomic E-state index is 0.887. The molecule has 0 N–H and O–H groups in total. The Morgan fingerprint density at radius 3 is 2.14 bits per heavy atom. The highest BCUT2D eigenvalue weighted by molar-refractivity contribution is 6.59. The first kappa shape index (κ1) is 13.3. The van der Waals surface area contributed by atoms with Crippen LogP contribution >= 0.6 is 0 Å². The molecule has 0 aromatic heterocycles. The molecule has 0 aliphatic rings. The minimum Gasteiger partial charge on any atom is -0.0991 e. The van der Waals surface area contributed by atoms with Crippen molar-refractivity contribution in [3.8, 4) is 0 Å². The van der Waals surface area contributed by atoms with Crippen LogP contribution in [0.3, 0.4) is 0 Å². The molecule has 0 radical (unpaired) electrons. The van der Waals surface area contributed by atoms with Crippen LogP contribution < -0.4 is 0 Å². The maximum absolute atomic E-state index is 3.63. The molecule has 0 atom stereocenters. The zero-order valence-corrected chi connectivity index (χ0v) is 9.71. The third kappa shape index (κ3) is 7.91. The van der Waals surface area contributed by atoms with E-state index in [1.165, 1.54) is 31.8 Å². The van der Waals surface area contributed by atoms with Crippen LogP contribution in [0.25, 0.3) is 0 Å². The van der Waals surface area contributed by atoms with Gasteiger partial charge in [0, 0.05) is 0 Å². The van der Waals surface area contributed by atoms with Gasteiger partial charge in [-0.25, -0.2) is 0 Å². The lowest BCUT2D eigenvalue weighted by atomic mass is 9.42. The largest absolute Gasteiger partial charge is 0.143 e. The van der Waals surface area contributed by atoms with E-state index >= 15 is 0 Å². The highest BCUT2D eigenvalue weighted by atomic mass is 13.8. The van der Waals surface area contributed by atoms with Crippen LogP contribution in [0.4, 0.5) is 0 Å². The van der Waals surface area contributed by atoms with Crippen LogP contribution in [0.5, 0.6) is 0 Å². The standard InChI is InChI=1S/C13H23B/c1-4-7-8-9-10-13-14(11-5-2)12-6-3/h4,7-10H,1,5-6,11-13H2,2-3H3/b8-7+,10-9-. The van der Waals surface area contributed by atoms with Crippen LogP contribution in [0.2, 0.25) is 19.0 Å². The van der Waals surface area contributed by atoms with Gasteiger partial charge < -0.3 is 0 Å². The van der Waals surface area contributed by atoms with Gasteiger partial charge in [0.15, 0.2) is 0 Å². The second-order valence-electron chi connectivity index (χ2n) is 3.73. The average molecular weight is 190 g/mol. The van der Waals surface area contributed by atoms with Gasteiger partial charge >= 0.3 is 0 Å². The van der Waals surface area contributed by atoms with Crippen molar-refractivity contribution in [3.63, 3.8) is 0 Å². The highest BCUT2D eigenvalue weighted by Crippen LogP contribution is 2.11. The SMILES string of the molecule is C=C/C=C/C=C\CB(CCC)CCC. The predicted molar refractivity (Wildman–Crippen MR) is 69.2 cm³/mol. The van der Waals surface area contributed by atoms with Crippen molar-refractivity contribution in [1.82, 2.24) is 0 Å². The summed E-state index contributed by atoms with van der Waals surface area (Å²) in [5.74, 6) is 0. The Kier molecular flexibility index (Phi) is 9.84. The maximum atomic E-state index is 3.63. The molecule has 0 fully saturated rings. The fraction of sp³-hybridized carbons (Fsp3) is 0.538. The van der Waals surface area contributed by atoms with Crippen LogP contribution in [-0.2, 0) is 0 Å². The van der Waals surface area contributed by atoms with Crippen LogP contribution in [0.15, 0.2) is 37.0 Å². The molecule has 0 nitrogen and oxygen atoms in total. The van der Waals surface area contributed by atoms with Crippen molar-refractivity contribution in [2.45, 2.75) is 45.6 Å². The molecule has 0 saturated heterocycles. The normalized spacial score (nSPS) is 11.3. The quantitative estimate of drug-likeness (QED) is 0.387. The van der Waals surface area contributed by atoms with Crippen LogP contribution in [0, 0.1) is 0 Å². The first-order chi connectivity index (χ1) is 6.85. The van der Waals surface area contributed by atoms with Gasteiger partial charge in [-0.15, -0.1) is 0 Å². The van der Waals surface area contributed by atoms with Gasteiger partial charge in [0.25, 0.3) is 0 Å². The molecular weight excluding hydrogens is 167 g/mol. The second-order valence-corrected chi connectivity index (χ2v) is 3.73. The number of rotatable bonds is 8. The van der Waals surface area contributed by atoms with E-state index in [2.05, 4.69) is 32.6 Å². The molecule has 1 heteroatoms. The van der Waals surface area contributed by atoms with Crippen LogP contribution in [0.1, 0.15) is 26.7 Å². The summed E-state index contributed by atoms with van der Waals surface area (Å²) < 4.78 is 0. The molecule has 0 amide bonds. The summed E-state index contributed by atoms with van der Waals surface area (Å²) in [5, 5.41) is 0. The van der Waals surface area contributed by atoms with Crippen molar-refractivity contribution in [1.29, 1.82) is 0 Å². The fourth-order valence-electron chi connectivity index (χ4n) is 1.69. The van der Waals surface area contributed by atoms with Gasteiger partial charge in [0.1, 0.15) is 6.71 Å². The molecule has 0 bridgehead atoms. The summed E-state index contributed by atoms with van der Waals surface area (Å²) in [4.78, 5) is 0. The molecule has 0 rings (SSSR count). The van der Waals surface area contributed by atoms with Gasteiger partial charge in [-0.3, -0.25) is 0 Å². The van der Waals surface area contributed by atoms with E-state index in [4.69, 9.17) is 0 Å². The first-order valence-corrected chi connectivity index (χ1v) is 5.79. The average Bonchev–Trinajstić information content (AvgIpc) is 2.18. The zero-order valence-electron chi connectivity index (χ0n) is 9.71. The predicted octanol–water partition coefficient (Wildman–Crippen LogP) is 4.60. The third-order valence-corrected chi connectivity index (χ3v) is 2.36. The molecule has 0 spiro atoms. The van der Waals surface area contributed by atoms with Crippen LogP contribution in [-0.4, -0.2) is 6.71 Å².